The van der Waals surface area contributed by atoms with Gasteiger partial charge in [-0.1, -0.05) is 11.6 Å². The highest BCUT2D eigenvalue weighted by molar-refractivity contribution is 7.91. The van der Waals surface area contributed by atoms with E-state index in [-0.39, 0.29) is 12.4 Å². The minimum Gasteiger partial charge on any atom is -0.383 e. The molecular weight excluding hydrogens is 367 g/mol. The summed E-state index contributed by atoms with van der Waals surface area (Å²) in [7, 11) is -1.85. The van der Waals surface area contributed by atoms with Gasteiger partial charge in [0, 0.05) is 36.5 Å². The third kappa shape index (κ3) is 5.34. The zero-order chi connectivity index (χ0) is 15.3. The van der Waals surface area contributed by atoms with Crippen LogP contribution in [0.2, 0.25) is 5.02 Å². The molecule has 2 aromatic rings. The molecule has 0 aliphatic rings. The summed E-state index contributed by atoms with van der Waals surface area (Å²) in [5, 5.41) is 4.51. The summed E-state index contributed by atoms with van der Waals surface area (Å²) in [6, 6.07) is 6.99. The lowest BCUT2D eigenvalue weighted by molar-refractivity contribution is 0.199. The van der Waals surface area contributed by atoms with Gasteiger partial charge in [0.2, 0.25) is 10.0 Å². The van der Waals surface area contributed by atoms with Crippen LogP contribution in [0.5, 0.6) is 0 Å². The normalized spacial score (nSPS) is 11.5. The van der Waals surface area contributed by atoms with Crippen molar-refractivity contribution in [1.29, 1.82) is 0 Å². The Kier molecular flexibility index (Phi) is 8.06. The highest BCUT2D eigenvalue weighted by Gasteiger charge is 2.16. The smallest absolute Gasteiger partial charge is 0.250 e. The molecule has 1 aromatic carbocycles. The largest absolute Gasteiger partial charge is 0.383 e. The van der Waals surface area contributed by atoms with E-state index in [0.717, 1.165) is 10.1 Å². The zero-order valence-electron chi connectivity index (χ0n) is 12.0. The summed E-state index contributed by atoms with van der Waals surface area (Å²) >= 11 is 7.14. The van der Waals surface area contributed by atoms with Gasteiger partial charge in [0.15, 0.2) is 0 Å². The van der Waals surface area contributed by atoms with Crippen LogP contribution in [0.15, 0.2) is 28.5 Å². The Bertz CT molecular complexity index is 704. The molecule has 124 valence electrons. The average molecular weight is 385 g/mol. The fourth-order valence-corrected chi connectivity index (χ4v) is 4.40. The Balaban J connectivity index is 0.00000242. The molecule has 0 saturated carbocycles. The fourth-order valence-electron chi connectivity index (χ4n) is 1.77. The van der Waals surface area contributed by atoms with Crippen molar-refractivity contribution in [3.63, 3.8) is 0 Å². The quantitative estimate of drug-likeness (QED) is 0.686. The minimum atomic E-state index is -3.47. The van der Waals surface area contributed by atoms with Crippen molar-refractivity contribution in [3.8, 4) is 0 Å². The van der Waals surface area contributed by atoms with Crippen LogP contribution in [0.4, 0.5) is 0 Å². The summed E-state index contributed by atoms with van der Waals surface area (Å²) in [6.07, 6.45) is 0. The molecular formula is C13H18Cl2N2O3S2. The molecule has 0 atom stereocenters. The van der Waals surface area contributed by atoms with Gasteiger partial charge < -0.3 is 10.1 Å². The number of fused-ring (bicyclic) bond motifs is 1. The van der Waals surface area contributed by atoms with Crippen molar-refractivity contribution < 1.29 is 13.2 Å². The molecule has 0 radical (unpaired) electrons. The lowest BCUT2D eigenvalue weighted by Crippen LogP contribution is -2.32. The second-order valence-corrected chi connectivity index (χ2v) is 7.90. The van der Waals surface area contributed by atoms with Gasteiger partial charge in [-0.25, -0.2) is 13.1 Å². The molecule has 0 aliphatic carbocycles. The summed E-state index contributed by atoms with van der Waals surface area (Å²) in [5.74, 6) is 0. The summed E-state index contributed by atoms with van der Waals surface area (Å²) < 4.78 is 33.0. The van der Waals surface area contributed by atoms with Crippen molar-refractivity contribution in [2.24, 2.45) is 0 Å². The van der Waals surface area contributed by atoms with E-state index in [2.05, 4.69) is 10.0 Å². The fraction of sp³-hybridized carbons (Fsp3) is 0.385. The predicted molar refractivity (Wildman–Crippen MR) is 94.0 cm³/mol. The molecule has 0 spiro atoms. The number of hydrogen-bond acceptors (Lipinski definition) is 5. The molecule has 5 nitrogen and oxygen atoms in total. The van der Waals surface area contributed by atoms with E-state index >= 15 is 0 Å². The van der Waals surface area contributed by atoms with Crippen LogP contribution in [-0.4, -0.2) is 41.8 Å². The van der Waals surface area contributed by atoms with E-state index in [9.17, 15) is 8.42 Å². The number of benzene rings is 1. The third-order valence-electron chi connectivity index (χ3n) is 2.80. The highest BCUT2D eigenvalue weighted by Crippen LogP contribution is 2.30. The number of rotatable bonds is 8. The Morgan fingerprint density at radius 1 is 1.23 bits per heavy atom. The van der Waals surface area contributed by atoms with Crippen molar-refractivity contribution >= 4 is 55.5 Å². The maximum atomic E-state index is 12.2. The first-order valence-electron chi connectivity index (χ1n) is 6.41. The summed E-state index contributed by atoms with van der Waals surface area (Å²) in [6.45, 7) is 2.18. The molecule has 2 rings (SSSR count). The molecule has 22 heavy (non-hydrogen) atoms. The maximum Gasteiger partial charge on any atom is 0.250 e. The van der Waals surface area contributed by atoms with Crippen molar-refractivity contribution in [1.82, 2.24) is 10.0 Å². The van der Waals surface area contributed by atoms with E-state index in [1.807, 2.05) is 6.07 Å². The molecule has 0 fully saturated rings. The van der Waals surface area contributed by atoms with Crippen LogP contribution in [0.1, 0.15) is 0 Å². The minimum absolute atomic E-state index is 0. The van der Waals surface area contributed by atoms with Crippen molar-refractivity contribution in [3.05, 3.63) is 29.3 Å². The number of hydrogen-bond donors (Lipinski definition) is 2. The first-order valence-corrected chi connectivity index (χ1v) is 9.09. The third-order valence-corrected chi connectivity index (χ3v) is 6.08. The zero-order valence-corrected chi connectivity index (χ0v) is 15.2. The van der Waals surface area contributed by atoms with E-state index in [4.69, 9.17) is 16.3 Å². The second-order valence-electron chi connectivity index (χ2n) is 4.39. The van der Waals surface area contributed by atoms with Crippen LogP contribution in [0.3, 0.4) is 0 Å². The number of sulfonamides is 1. The highest BCUT2D eigenvalue weighted by atomic mass is 35.5. The van der Waals surface area contributed by atoms with Crippen molar-refractivity contribution in [2.75, 3.05) is 33.4 Å². The van der Waals surface area contributed by atoms with Gasteiger partial charge in [-0.15, -0.1) is 23.7 Å². The molecule has 0 bridgehead atoms. The van der Waals surface area contributed by atoms with Gasteiger partial charge in [-0.2, -0.15) is 0 Å². The molecule has 9 heteroatoms. The lowest BCUT2D eigenvalue weighted by Gasteiger charge is -2.05. The first-order chi connectivity index (χ1) is 10.0. The standard InChI is InChI=1S/C13H17ClN2O3S2.ClH/c1-19-7-6-15-4-5-16-21(17,18)13-9-10-8-11(14)2-3-12(10)20-13;/h2-3,8-9,15-16H,4-7H2,1H3;1H. The van der Waals surface area contributed by atoms with Crippen LogP contribution < -0.4 is 10.0 Å². The lowest BCUT2D eigenvalue weighted by atomic mass is 10.3. The van der Waals surface area contributed by atoms with Gasteiger partial charge in [0.05, 0.1) is 6.61 Å². The summed E-state index contributed by atoms with van der Waals surface area (Å²) in [4.78, 5) is 0. The van der Waals surface area contributed by atoms with Crippen LogP contribution in [0.25, 0.3) is 10.1 Å². The van der Waals surface area contributed by atoms with E-state index in [0.29, 0.717) is 35.5 Å². The maximum absolute atomic E-state index is 12.2. The first kappa shape index (κ1) is 19.6. The Hall–Kier alpha value is -0.410. The Labute approximate surface area is 145 Å². The van der Waals surface area contributed by atoms with E-state index in [1.165, 1.54) is 11.3 Å². The molecule has 1 heterocycles. The van der Waals surface area contributed by atoms with Gasteiger partial charge >= 0.3 is 0 Å². The topological polar surface area (TPSA) is 67.4 Å². The Morgan fingerprint density at radius 3 is 2.73 bits per heavy atom. The number of thiophene rings is 1. The van der Waals surface area contributed by atoms with Gasteiger partial charge in [0.1, 0.15) is 4.21 Å². The van der Waals surface area contributed by atoms with E-state index in [1.54, 1.807) is 25.3 Å². The molecule has 0 saturated heterocycles. The number of nitrogens with one attached hydrogen (secondary N) is 2. The van der Waals surface area contributed by atoms with E-state index < -0.39 is 10.0 Å². The van der Waals surface area contributed by atoms with Crippen LogP contribution in [-0.2, 0) is 14.8 Å². The number of methoxy groups -OCH3 is 1. The average Bonchev–Trinajstić information content (AvgIpc) is 2.86. The van der Waals surface area contributed by atoms with Crippen LogP contribution in [0, 0.1) is 0 Å². The van der Waals surface area contributed by atoms with Crippen molar-refractivity contribution in [2.45, 2.75) is 4.21 Å². The Morgan fingerprint density at radius 2 is 2.00 bits per heavy atom. The molecule has 2 N–H and O–H groups in total. The summed E-state index contributed by atoms with van der Waals surface area (Å²) in [5.41, 5.74) is 0. The number of halogens is 2. The monoisotopic (exact) mass is 384 g/mol. The van der Waals surface area contributed by atoms with Crippen LogP contribution >= 0.6 is 35.3 Å². The molecule has 1 aromatic heterocycles. The SMILES string of the molecule is COCCNCCNS(=O)(=O)c1cc2cc(Cl)ccc2s1.Cl. The second kappa shape index (κ2) is 9.02. The molecule has 0 aliphatic heterocycles. The number of ether oxygens (including phenoxy) is 1. The molecule has 0 amide bonds. The van der Waals surface area contributed by atoms with Gasteiger partial charge in [-0.3, -0.25) is 0 Å². The van der Waals surface area contributed by atoms with Gasteiger partial charge in [-0.05, 0) is 29.7 Å². The predicted octanol–water partition coefficient (Wildman–Crippen LogP) is 2.49. The molecule has 0 unspecified atom stereocenters. The van der Waals surface area contributed by atoms with Gasteiger partial charge in [0.25, 0.3) is 0 Å².